The maximum Gasteiger partial charge on any atom is 0.192 e. The van der Waals surface area contributed by atoms with E-state index < -0.39 is 0 Å². The summed E-state index contributed by atoms with van der Waals surface area (Å²) in [5.74, 6) is 1.40. The summed E-state index contributed by atoms with van der Waals surface area (Å²) in [4.78, 5) is 4.41. The predicted octanol–water partition coefficient (Wildman–Crippen LogP) is 4.31. The van der Waals surface area contributed by atoms with Crippen LogP contribution in [0.5, 0.6) is 0 Å². The quantitative estimate of drug-likeness (QED) is 0.552. The molecule has 0 saturated heterocycles. The number of rotatable bonds is 2. The van der Waals surface area contributed by atoms with Gasteiger partial charge < -0.3 is 4.42 Å². The lowest BCUT2D eigenvalue weighted by atomic mass is 10.0. The Morgan fingerprint density at radius 2 is 1.75 bits per heavy atom. The zero-order valence-electron chi connectivity index (χ0n) is 14.2. The van der Waals surface area contributed by atoms with E-state index in [2.05, 4.69) is 48.1 Å². The van der Waals surface area contributed by atoms with Gasteiger partial charge in [-0.2, -0.15) is 0 Å². The Bertz CT molecular complexity index is 1040. The summed E-state index contributed by atoms with van der Waals surface area (Å²) in [6.07, 6.45) is 1.75. The van der Waals surface area contributed by atoms with E-state index in [1.807, 2.05) is 29.7 Å². The van der Waals surface area contributed by atoms with Gasteiger partial charge in [-0.05, 0) is 44.0 Å². The zero-order chi connectivity index (χ0) is 16.8. The lowest BCUT2D eigenvalue weighted by Gasteiger charge is -2.14. The topological polar surface area (TPSA) is 56.7 Å². The molecule has 0 aliphatic rings. The summed E-state index contributed by atoms with van der Waals surface area (Å²) in [6.45, 7) is 8.17. The number of para-hydroxylation sites is 1. The minimum atomic E-state index is 0.645. The molecule has 4 aromatic rings. The second-order valence-electron chi connectivity index (χ2n) is 6.16. The van der Waals surface area contributed by atoms with Crippen LogP contribution >= 0.6 is 0 Å². The molecular formula is C19H18N4O. The standard InChI is InChI=1S/C19H18N4O/c1-11-8-12(2)17(13(3)9-11)23-10-20-22-19(23)15-6-5-7-16-18(15)24-14(4)21-16/h5-10H,1-4H3. The third-order valence-corrected chi connectivity index (χ3v) is 4.19. The van der Waals surface area contributed by atoms with E-state index in [9.17, 15) is 0 Å². The monoisotopic (exact) mass is 318 g/mol. The minimum Gasteiger partial charge on any atom is -0.440 e. The van der Waals surface area contributed by atoms with Crippen molar-refractivity contribution in [2.24, 2.45) is 0 Å². The van der Waals surface area contributed by atoms with Gasteiger partial charge in [-0.1, -0.05) is 23.8 Å². The van der Waals surface area contributed by atoms with Crippen molar-refractivity contribution < 1.29 is 4.42 Å². The van der Waals surface area contributed by atoms with E-state index in [1.165, 1.54) is 16.7 Å². The van der Waals surface area contributed by atoms with E-state index in [4.69, 9.17) is 4.42 Å². The van der Waals surface area contributed by atoms with E-state index in [0.29, 0.717) is 5.89 Å². The van der Waals surface area contributed by atoms with Crippen LogP contribution in [0.2, 0.25) is 0 Å². The van der Waals surface area contributed by atoms with E-state index in [0.717, 1.165) is 28.2 Å². The molecule has 0 aliphatic heterocycles. The van der Waals surface area contributed by atoms with Gasteiger partial charge in [-0.15, -0.1) is 10.2 Å². The van der Waals surface area contributed by atoms with Gasteiger partial charge in [0.05, 0.1) is 11.3 Å². The Hall–Kier alpha value is -2.95. The molecule has 2 aromatic heterocycles. The first-order valence-electron chi connectivity index (χ1n) is 7.89. The molecule has 0 radical (unpaired) electrons. The molecule has 0 amide bonds. The van der Waals surface area contributed by atoms with Crippen LogP contribution in [0.4, 0.5) is 0 Å². The van der Waals surface area contributed by atoms with Crippen molar-refractivity contribution in [3.63, 3.8) is 0 Å². The fourth-order valence-corrected chi connectivity index (χ4v) is 3.37. The molecule has 24 heavy (non-hydrogen) atoms. The third kappa shape index (κ3) is 2.21. The Labute approximate surface area is 140 Å². The molecule has 5 nitrogen and oxygen atoms in total. The Morgan fingerprint density at radius 3 is 2.50 bits per heavy atom. The molecule has 0 saturated carbocycles. The smallest absolute Gasteiger partial charge is 0.192 e. The predicted molar refractivity (Wildman–Crippen MR) is 93.3 cm³/mol. The van der Waals surface area contributed by atoms with Crippen molar-refractivity contribution in [1.82, 2.24) is 19.7 Å². The number of aromatic nitrogens is 4. The minimum absolute atomic E-state index is 0.645. The fraction of sp³-hybridized carbons (Fsp3) is 0.211. The van der Waals surface area contributed by atoms with Crippen LogP contribution < -0.4 is 0 Å². The molecule has 0 unspecified atom stereocenters. The Balaban J connectivity index is 1.99. The number of hydrogen-bond acceptors (Lipinski definition) is 4. The van der Waals surface area contributed by atoms with Gasteiger partial charge >= 0.3 is 0 Å². The largest absolute Gasteiger partial charge is 0.440 e. The number of fused-ring (bicyclic) bond motifs is 1. The van der Waals surface area contributed by atoms with Gasteiger partial charge in [0.25, 0.3) is 0 Å². The molecule has 0 spiro atoms. The molecule has 0 atom stereocenters. The molecule has 2 heterocycles. The molecule has 5 heteroatoms. The maximum absolute atomic E-state index is 5.80. The van der Waals surface area contributed by atoms with Crippen molar-refractivity contribution in [1.29, 1.82) is 0 Å². The molecule has 2 aromatic carbocycles. The second kappa shape index (κ2) is 5.30. The highest BCUT2D eigenvalue weighted by atomic mass is 16.3. The van der Waals surface area contributed by atoms with Gasteiger partial charge in [-0.3, -0.25) is 4.57 Å². The first kappa shape index (κ1) is 14.6. The lowest BCUT2D eigenvalue weighted by Crippen LogP contribution is -2.02. The third-order valence-electron chi connectivity index (χ3n) is 4.19. The van der Waals surface area contributed by atoms with Gasteiger partial charge in [0, 0.05) is 6.92 Å². The van der Waals surface area contributed by atoms with Gasteiger partial charge in [0.1, 0.15) is 11.8 Å². The maximum atomic E-state index is 5.80. The fourth-order valence-electron chi connectivity index (χ4n) is 3.37. The van der Waals surface area contributed by atoms with Crippen molar-refractivity contribution in [3.05, 3.63) is 59.2 Å². The molecule has 4 rings (SSSR count). The SMILES string of the molecule is Cc1cc(C)c(-n2cnnc2-c2cccc3nc(C)oc23)c(C)c1. The number of oxazole rings is 1. The summed E-state index contributed by atoms with van der Waals surface area (Å²) in [5.41, 5.74) is 7.20. The molecule has 0 N–H and O–H groups in total. The summed E-state index contributed by atoms with van der Waals surface area (Å²) in [6, 6.07) is 10.2. The van der Waals surface area contributed by atoms with Gasteiger partial charge in [-0.25, -0.2) is 4.98 Å². The Morgan fingerprint density at radius 1 is 1.00 bits per heavy atom. The van der Waals surface area contributed by atoms with Crippen LogP contribution in [0.15, 0.2) is 41.1 Å². The highest BCUT2D eigenvalue weighted by molar-refractivity contribution is 5.88. The highest BCUT2D eigenvalue weighted by Crippen LogP contribution is 2.31. The molecule has 0 bridgehead atoms. The van der Waals surface area contributed by atoms with Crippen LogP contribution in [0.25, 0.3) is 28.2 Å². The summed E-state index contributed by atoms with van der Waals surface area (Å²) in [5, 5.41) is 8.50. The summed E-state index contributed by atoms with van der Waals surface area (Å²) in [7, 11) is 0. The van der Waals surface area contributed by atoms with E-state index >= 15 is 0 Å². The average Bonchev–Trinajstić information content (AvgIpc) is 3.11. The van der Waals surface area contributed by atoms with Crippen molar-refractivity contribution >= 4 is 11.1 Å². The van der Waals surface area contributed by atoms with Crippen LogP contribution in [0, 0.1) is 27.7 Å². The van der Waals surface area contributed by atoms with Crippen LogP contribution in [0.1, 0.15) is 22.6 Å². The van der Waals surface area contributed by atoms with Gasteiger partial charge in [0.15, 0.2) is 17.3 Å². The summed E-state index contributed by atoms with van der Waals surface area (Å²) >= 11 is 0. The lowest BCUT2D eigenvalue weighted by molar-refractivity contribution is 0.561. The molecule has 0 aliphatic carbocycles. The number of nitrogens with zero attached hydrogens (tertiary/aromatic N) is 4. The Kier molecular flexibility index (Phi) is 3.23. The molecular weight excluding hydrogens is 300 g/mol. The van der Waals surface area contributed by atoms with E-state index in [-0.39, 0.29) is 0 Å². The first-order valence-corrected chi connectivity index (χ1v) is 7.89. The van der Waals surface area contributed by atoms with Crippen molar-refractivity contribution in [3.8, 4) is 17.1 Å². The van der Waals surface area contributed by atoms with Gasteiger partial charge in [0.2, 0.25) is 0 Å². The van der Waals surface area contributed by atoms with Crippen molar-refractivity contribution in [2.75, 3.05) is 0 Å². The van der Waals surface area contributed by atoms with Crippen molar-refractivity contribution in [2.45, 2.75) is 27.7 Å². The average molecular weight is 318 g/mol. The summed E-state index contributed by atoms with van der Waals surface area (Å²) < 4.78 is 7.83. The first-order chi connectivity index (χ1) is 11.5. The molecule has 120 valence electrons. The zero-order valence-corrected chi connectivity index (χ0v) is 14.2. The van der Waals surface area contributed by atoms with E-state index in [1.54, 1.807) is 6.33 Å². The van der Waals surface area contributed by atoms with Crippen LogP contribution in [0.3, 0.4) is 0 Å². The number of hydrogen-bond donors (Lipinski definition) is 0. The molecule has 0 fully saturated rings. The highest BCUT2D eigenvalue weighted by Gasteiger charge is 2.17. The van der Waals surface area contributed by atoms with Crippen LogP contribution in [-0.2, 0) is 0 Å². The van der Waals surface area contributed by atoms with Crippen LogP contribution in [-0.4, -0.2) is 19.7 Å². The second-order valence-corrected chi connectivity index (χ2v) is 6.16. The number of benzene rings is 2. The number of aryl methyl sites for hydroxylation is 4. The normalized spacial score (nSPS) is 11.3.